The normalized spacial score (nSPS) is 30.0. The van der Waals surface area contributed by atoms with Gasteiger partial charge in [-0.3, -0.25) is 37.7 Å². The minimum Gasteiger partial charge on any atom is -0.463 e. The highest BCUT2D eigenvalue weighted by atomic mass is 32.2. The van der Waals surface area contributed by atoms with Gasteiger partial charge in [-0.15, -0.1) is 0 Å². The Morgan fingerprint density at radius 3 is 2.02 bits per heavy atom. The van der Waals surface area contributed by atoms with Crippen LogP contribution in [0, 0.1) is 0 Å². The van der Waals surface area contributed by atoms with Gasteiger partial charge in [-0.1, -0.05) is 0 Å². The summed E-state index contributed by atoms with van der Waals surface area (Å²) in [4.78, 5) is 86.2. The smallest absolute Gasteiger partial charge is 0.425 e. The Bertz CT molecular complexity index is 1710. The molecule has 9 atom stereocenters. The summed E-state index contributed by atoms with van der Waals surface area (Å²) in [7, 11) is -5.01. The molecule has 2 N–H and O–H groups in total. The second kappa shape index (κ2) is 15.2. The van der Waals surface area contributed by atoms with E-state index in [1.165, 1.54) is 4.72 Å². The van der Waals surface area contributed by atoms with Gasteiger partial charge < -0.3 is 42.6 Å². The van der Waals surface area contributed by atoms with Crippen LogP contribution in [0.4, 0.5) is 4.79 Å². The Labute approximate surface area is 282 Å². The topological polar surface area (TPSA) is 279 Å². The van der Waals surface area contributed by atoms with Crippen molar-refractivity contribution in [2.75, 3.05) is 13.2 Å². The number of H-pyrrole nitrogens is 1. The number of hydrogen-bond acceptors (Lipinski definition) is 19. The summed E-state index contributed by atoms with van der Waals surface area (Å²) in [5.41, 5.74) is -1.51. The number of fused-ring (bicyclic) bond motifs is 1. The van der Waals surface area contributed by atoms with Crippen LogP contribution in [0.15, 0.2) is 21.9 Å². The number of rotatable bonds is 11. The third-order valence-electron chi connectivity index (χ3n) is 7.02. The zero-order valence-corrected chi connectivity index (χ0v) is 28.2. The number of carbonyl (C=O) groups is 5. The average Bonchev–Trinajstić information content (AvgIpc) is 3.45. The van der Waals surface area contributed by atoms with Gasteiger partial charge in [0.15, 0.2) is 24.2 Å². The molecule has 0 aromatic carbocycles. The number of aromatic amines is 1. The predicted octanol–water partition coefficient (Wildman–Crippen LogP) is -1.98. The molecule has 23 heteroatoms. The summed E-state index contributed by atoms with van der Waals surface area (Å²) in [6.45, 7) is 5.68. The third kappa shape index (κ3) is 9.63. The van der Waals surface area contributed by atoms with Crippen molar-refractivity contribution in [3.63, 3.8) is 0 Å². The van der Waals surface area contributed by atoms with Gasteiger partial charge in [-0.2, -0.15) is 13.1 Å². The molecule has 278 valence electrons. The van der Waals surface area contributed by atoms with Crippen molar-refractivity contribution in [1.29, 1.82) is 0 Å². The predicted molar refractivity (Wildman–Crippen MR) is 156 cm³/mol. The summed E-state index contributed by atoms with van der Waals surface area (Å²) in [6.07, 6.45) is -13.5. The van der Waals surface area contributed by atoms with Crippen molar-refractivity contribution in [2.24, 2.45) is 0 Å². The van der Waals surface area contributed by atoms with E-state index in [9.17, 15) is 42.0 Å². The van der Waals surface area contributed by atoms with E-state index in [1.54, 1.807) is 13.8 Å². The summed E-state index contributed by atoms with van der Waals surface area (Å²) in [6, 6.07) is 1.07. The molecule has 3 saturated heterocycles. The summed E-state index contributed by atoms with van der Waals surface area (Å²) in [5, 5.41) is 0. The van der Waals surface area contributed by atoms with E-state index in [2.05, 4.69) is 4.98 Å². The monoisotopic (exact) mass is 737 g/mol. The molecule has 4 rings (SSSR count). The first-order chi connectivity index (χ1) is 23.2. The SMILES string of the molecule is CC(=O)OC[C@H]1OC(OC(=O)NS(=O)(=O)OC[C@H]2O[C@@H](n3ccc(=O)[nH]c3=O)[C@@H]3OC(C)(C)O[C@@H]32)[C@H](OC(C)=O)[C@@H](OC(C)=O)[C@@H]1OC(C)=O. The number of ether oxygens (including phenoxy) is 9. The van der Waals surface area contributed by atoms with E-state index < -0.39 is 126 Å². The fourth-order valence-electron chi connectivity index (χ4n) is 5.35. The van der Waals surface area contributed by atoms with Gasteiger partial charge in [0.2, 0.25) is 12.4 Å². The molecule has 0 aliphatic carbocycles. The van der Waals surface area contributed by atoms with Crippen molar-refractivity contribution >= 4 is 40.3 Å². The number of nitrogens with zero attached hydrogens (tertiary/aromatic N) is 1. The van der Waals surface area contributed by atoms with Crippen LogP contribution < -0.4 is 16.0 Å². The van der Waals surface area contributed by atoms with Crippen molar-refractivity contribution in [2.45, 2.75) is 103 Å². The molecule has 3 aliphatic heterocycles. The molecule has 22 nitrogen and oxygen atoms in total. The van der Waals surface area contributed by atoms with Crippen LogP contribution in [0.25, 0.3) is 0 Å². The van der Waals surface area contributed by atoms with E-state index in [-0.39, 0.29) is 0 Å². The lowest BCUT2D eigenvalue weighted by molar-refractivity contribution is -0.294. The van der Waals surface area contributed by atoms with Crippen LogP contribution in [0.5, 0.6) is 0 Å². The van der Waals surface area contributed by atoms with E-state index in [4.69, 9.17) is 46.8 Å². The van der Waals surface area contributed by atoms with Gasteiger partial charge in [0, 0.05) is 40.0 Å². The van der Waals surface area contributed by atoms with Crippen molar-refractivity contribution in [3.8, 4) is 0 Å². The molecule has 0 spiro atoms. The second-order valence-electron chi connectivity index (χ2n) is 11.5. The minimum absolute atomic E-state index is 0.640. The molecule has 1 aromatic rings. The first-order valence-corrected chi connectivity index (χ1v) is 16.2. The Morgan fingerprint density at radius 2 is 1.42 bits per heavy atom. The van der Waals surface area contributed by atoms with Crippen LogP contribution in [-0.2, 0) is 76.3 Å². The van der Waals surface area contributed by atoms with Gasteiger partial charge in [0.05, 0.1) is 6.61 Å². The van der Waals surface area contributed by atoms with Crippen LogP contribution in [0.2, 0.25) is 0 Å². The fourth-order valence-corrected chi connectivity index (χ4v) is 5.97. The van der Waals surface area contributed by atoms with Crippen LogP contribution in [0.3, 0.4) is 0 Å². The largest absolute Gasteiger partial charge is 0.463 e. The number of aromatic nitrogens is 2. The van der Waals surface area contributed by atoms with Gasteiger partial charge in [0.25, 0.3) is 5.56 Å². The second-order valence-corrected chi connectivity index (χ2v) is 12.8. The molecule has 0 radical (unpaired) electrons. The van der Waals surface area contributed by atoms with E-state index in [0.717, 1.165) is 44.5 Å². The standard InChI is InChI=1S/C27H35N3O19S/c1-11(31)40-9-15-18(42-12(2)32)20(43-13(3)33)22(44-14(4)34)24(46-15)47-26(37)29-50(38,39)41-10-16-19-21(49-27(5,6)48-19)23(45-16)30-8-7-17(35)28-25(30)36/h7-8,15-16,18-24H,9-10H2,1-6H3,(H,29,37)(H,28,35,36)/t15-,16-,18-,19-,20+,21-,22-,23-,24?/m1/s1. The highest BCUT2D eigenvalue weighted by Gasteiger charge is 2.57. The summed E-state index contributed by atoms with van der Waals surface area (Å²) < 4.78 is 81.7. The highest BCUT2D eigenvalue weighted by molar-refractivity contribution is 7.85. The van der Waals surface area contributed by atoms with E-state index in [0.29, 0.717) is 0 Å². The molecule has 3 fully saturated rings. The summed E-state index contributed by atoms with van der Waals surface area (Å²) >= 11 is 0. The number of carbonyl (C=O) groups excluding carboxylic acids is 5. The lowest BCUT2D eigenvalue weighted by Crippen LogP contribution is -2.63. The van der Waals surface area contributed by atoms with Crippen LogP contribution in [0.1, 0.15) is 47.8 Å². The van der Waals surface area contributed by atoms with Gasteiger partial charge in [-0.25, -0.2) is 9.59 Å². The van der Waals surface area contributed by atoms with Crippen molar-refractivity contribution in [3.05, 3.63) is 33.1 Å². The van der Waals surface area contributed by atoms with E-state index >= 15 is 0 Å². The number of esters is 4. The molecule has 0 bridgehead atoms. The lowest BCUT2D eigenvalue weighted by Gasteiger charge is -2.43. The maximum absolute atomic E-state index is 12.9. The van der Waals surface area contributed by atoms with Gasteiger partial charge in [0.1, 0.15) is 31.0 Å². The first kappa shape index (κ1) is 38.4. The highest BCUT2D eigenvalue weighted by Crippen LogP contribution is 2.42. The lowest BCUT2D eigenvalue weighted by atomic mass is 9.98. The Kier molecular flexibility index (Phi) is 11.7. The molecule has 4 heterocycles. The molecule has 50 heavy (non-hydrogen) atoms. The van der Waals surface area contributed by atoms with Crippen LogP contribution >= 0.6 is 0 Å². The summed E-state index contributed by atoms with van der Waals surface area (Å²) in [5.74, 6) is -4.85. The molecule has 1 amide bonds. The number of hydrogen-bond donors (Lipinski definition) is 2. The number of amides is 1. The first-order valence-electron chi connectivity index (χ1n) is 14.8. The van der Waals surface area contributed by atoms with Crippen molar-refractivity contribution < 1.29 is 79.2 Å². The maximum Gasteiger partial charge on any atom is 0.425 e. The molecule has 1 aromatic heterocycles. The third-order valence-corrected chi connectivity index (χ3v) is 7.88. The molecule has 1 unspecified atom stereocenters. The Balaban J connectivity index is 1.49. The molecule has 3 aliphatic rings. The van der Waals surface area contributed by atoms with Crippen LogP contribution in [-0.4, -0.2) is 116 Å². The Hall–Kier alpha value is -4.42. The van der Waals surface area contributed by atoms with E-state index in [1.807, 2.05) is 0 Å². The zero-order chi connectivity index (χ0) is 37.1. The van der Waals surface area contributed by atoms with Crippen molar-refractivity contribution in [1.82, 2.24) is 14.3 Å². The van der Waals surface area contributed by atoms with Gasteiger partial charge in [-0.05, 0) is 13.8 Å². The Morgan fingerprint density at radius 1 is 0.820 bits per heavy atom. The van der Waals surface area contributed by atoms with Gasteiger partial charge >= 0.3 is 46.0 Å². The molecule has 0 saturated carbocycles. The average molecular weight is 738 g/mol. The molecular formula is C27H35N3O19S. The maximum atomic E-state index is 12.9. The fraction of sp³-hybridized carbons (Fsp3) is 0.667. The number of nitrogens with one attached hydrogen (secondary N) is 2. The quantitative estimate of drug-likeness (QED) is 0.184. The molecular weight excluding hydrogens is 702 g/mol. The minimum atomic E-state index is -5.01. The zero-order valence-electron chi connectivity index (χ0n) is 27.4.